The third-order valence-corrected chi connectivity index (χ3v) is 5.30. The Kier molecular flexibility index (Phi) is 8.01. The zero-order valence-corrected chi connectivity index (χ0v) is 15.9. The van der Waals surface area contributed by atoms with E-state index >= 15 is 0 Å². The molecular formula is C16H26N4O4S. The molecule has 0 radical (unpaired) electrons. The molecule has 0 aliphatic heterocycles. The molecule has 0 aromatic heterocycles. The molecule has 0 saturated carbocycles. The van der Waals surface area contributed by atoms with Gasteiger partial charge in [-0.3, -0.25) is 14.5 Å². The third kappa shape index (κ3) is 6.45. The number of carbonyl (C=O) groups is 2. The summed E-state index contributed by atoms with van der Waals surface area (Å²) < 4.78 is 25.1. The second-order valence-corrected chi connectivity index (χ2v) is 7.77. The maximum Gasteiger partial charge on any atom is 0.242 e. The van der Waals surface area contributed by atoms with Gasteiger partial charge >= 0.3 is 0 Å². The molecule has 140 valence electrons. The van der Waals surface area contributed by atoms with Gasteiger partial charge in [0.05, 0.1) is 18.0 Å². The monoisotopic (exact) mass is 370 g/mol. The summed E-state index contributed by atoms with van der Waals surface area (Å²) in [5, 5.41) is 5.39. The summed E-state index contributed by atoms with van der Waals surface area (Å²) >= 11 is 0. The van der Waals surface area contributed by atoms with Crippen molar-refractivity contribution in [2.75, 3.05) is 45.6 Å². The molecule has 8 nitrogen and oxygen atoms in total. The van der Waals surface area contributed by atoms with E-state index in [0.29, 0.717) is 18.8 Å². The summed E-state index contributed by atoms with van der Waals surface area (Å²) in [6.45, 7) is 5.03. The number of hydrogen-bond donors (Lipinski definition) is 2. The first-order chi connectivity index (χ1) is 11.7. The number of nitrogens with zero attached hydrogens (tertiary/aromatic N) is 2. The van der Waals surface area contributed by atoms with Crippen LogP contribution >= 0.6 is 0 Å². The summed E-state index contributed by atoms with van der Waals surface area (Å²) in [5.41, 5.74) is 0.497. The van der Waals surface area contributed by atoms with Crippen LogP contribution in [0, 0.1) is 0 Å². The van der Waals surface area contributed by atoms with Gasteiger partial charge in [-0.1, -0.05) is 6.92 Å². The van der Waals surface area contributed by atoms with Crippen molar-refractivity contribution >= 4 is 27.5 Å². The Morgan fingerprint density at radius 3 is 2.04 bits per heavy atom. The lowest BCUT2D eigenvalue weighted by molar-refractivity contribution is -0.123. The Morgan fingerprint density at radius 1 is 1.00 bits per heavy atom. The molecule has 1 aromatic carbocycles. The number of hydrogen-bond acceptors (Lipinski definition) is 5. The van der Waals surface area contributed by atoms with Gasteiger partial charge in [0, 0.05) is 26.3 Å². The standard InChI is InChI=1S/C16H26N4O4S/c1-5-17-15(21)11-20(6-2)12-16(22)18-13-7-9-14(10-8-13)25(23,24)19(3)4/h7-10H,5-6,11-12H2,1-4H3,(H,17,21)(H,18,22). The quantitative estimate of drug-likeness (QED) is 0.653. The van der Waals surface area contributed by atoms with Gasteiger partial charge in [-0.05, 0) is 37.7 Å². The molecule has 0 aliphatic carbocycles. The van der Waals surface area contributed by atoms with Crippen LogP contribution in [0.2, 0.25) is 0 Å². The Balaban J connectivity index is 2.66. The smallest absolute Gasteiger partial charge is 0.242 e. The van der Waals surface area contributed by atoms with Crippen LogP contribution in [0.3, 0.4) is 0 Å². The zero-order chi connectivity index (χ0) is 19.0. The molecule has 0 saturated heterocycles. The van der Waals surface area contributed by atoms with Crippen molar-refractivity contribution in [1.29, 1.82) is 0 Å². The lowest BCUT2D eigenvalue weighted by Gasteiger charge is -2.19. The van der Waals surface area contributed by atoms with Crippen LogP contribution in [0.5, 0.6) is 0 Å². The summed E-state index contributed by atoms with van der Waals surface area (Å²) in [4.78, 5) is 25.6. The van der Waals surface area contributed by atoms with Gasteiger partial charge in [-0.2, -0.15) is 0 Å². The first-order valence-electron chi connectivity index (χ1n) is 8.02. The van der Waals surface area contributed by atoms with Crippen LogP contribution < -0.4 is 10.6 Å². The van der Waals surface area contributed by atoms with Crippen LogP contribution in [0.15, 0.2) is 29.2 Å². The van der Waals surface area contributed by atoms with Crippen LogP contribution in [0.4, 0.5) is 5.69 Å². The lowest BCUT2D eigenvalue weighted by Crippen LogP contribution is -2.41. The molecule has 0 atom stereocenters. The van der Waals surface area contributed by atoms with Gasteiger partial charge in [0.1, 0.15) is 0 Å². The Morgan fingerprint density at radius 2 is 1.56 bits per heavy atom. The second-order valence-electron chi connectivity index (χ2n) is 5.62. The first kappa shape index (κ1) is 21.1. The van der Waals surface area contributed by atoms with Crippen molar-refractivity contribution in [1.82, 2.24) is 14.5 Å². The van der Waals surface area contributed by atoms with Crippen LogP contribution in [-0.4, -0.2) is 69.7 Å². The number of sulfonamides is 1. The molecule has 25 heavy (non-hydrogen) atoms. The van der Waals surface area contributed by atoms with E-state index in [1.165, 1.54) is 38.4 Å². The minimum absolute atomic E-state index is 0.0748. The largest absolute Gasteiger partial charge is 0.355 e. The minimum atomic E-state index is -3.50. The minimum Gasteiger partial charge on any atom is -0.355 e. The molecular weight excluding hydrogens is 344 g/mol. The van der Waals surface area contributed by atoms with Crippen LogP contribution in [0.1, 0.15) is 13.8 Å². The molecule has 0 spiro atoms. The molecule has 0 fully saturated rings. The predicted molar refractivity (Wildman–Crippen MR) is 96.7 cm³/mol. The lowest BCUT2D eigenvalue weighted by atomic mass is 10.3. The number of carbonyl (C=O) groups excluding carboxylic acids is 2. The van der Waals surface area contributed by atoms with E-state index in [0.717, 1.165) is 4.31 Å². The highest BCUT2D eigenvalue weighted by Crippen LogP contribution is 2.16. The van der Waals surface area contributed by atoms with Crippen molar-refractivity contribution in [3.8, 4) is 0 Å². The van der Waals surface area contributed by atoms with E-state index in [2.05, 4.69) is 10.6 Å². The van der Waals surface area contributed by atoms with Gasteiger partial charge in [-0.15, -0.1) is 0 Å². The highest BCUT2D eigenvalue weighted by molar-refractivity contribution is 7.89. The van der Waals surface area contributed by atoms with Crippen LogP contribution in [-0.2, 0) is 19.6 Å². The van der Waals surface area contributed by atoms with Crippen molar-refractivity contribution in [3.63, 3.8) is 0 Å². The summed E-state index contributed by atoms with van der Waals surface area (Å²) in [6.07, 6.45) is 0. The van der Waals surface area contributed by atoms with E-state index in [-0.39, 0.29) is 29.8 Å². The van der Waals surface area contributed by atoms with Crippen molar-refractivity contribution in [2.24, 2.45) is 0 Å². The number of nitrogens with one attached hydrogen (secondary N) is 2. The van der Waals surface area contributed by atoms with Gasteiger partial charge < -0.3 is 10.6 Å². The average Bonchev–Trinajstić information content (AvgIpc) is 2.54. The number of likely N-dealkylation sites (N-methyl/N-ethyl adjacent to an activating group) is 2. The molecule has 2 amide bonds. The zero-order valence-electron chi connectivity index (χ0n) is 15.1. The molecule has 1 aromatic rings. The second kappa shape index (κ2) is 9.50. The fraction of sp³-hybridized carbons (Fsp3) is 0.500. The molecule has 2 N–H and O–H groups in total. The van der Waals surface area contributed by atoms with Crippen molar-refractivity contribution in [2.45, 2.75) is 18.7 Å². The SMILES string of the molecule is CCNC(=O)CN(CC)CC(=O)Nc1ccc(S(=O)(=O)N(C)C)cc1. The van der Waals surface area contributed by atoms with Crippen LogP contribution in [0.25, 0.3) is 0 Å². The summed E-state index contributed by atoms with van der Waals surface area (Å²) in [5.74, 6) is -0.398. The molecule has 9 heteroatoms. The summed E-state index contributed by atoms with van der Waals surface area (Å²) in [6, 6.07) is 5.96. The van der Waals surface area contributed by atoms with E-state index in [1.807, 2.05) is 13.8 Å². The maximum atomic E-state index is 12.1. The fourth-order valence-electron chi connectivity index (χ4n) is 2.06. The number of rotatable bonds is 9. The molecule has 0 unspecified atom stereocenters. The van der Waals surface area contributed by atoms with E-state index in [4.69, 9.17) is 0 Å². The Hall–Kier alpha value is -1.97. The van der Waals surface area contributed by atoms with Crippen molar-refractivity contribution in [3.05, 3.63) is 24.3 Å². The number of anilines is 1. The fourth-order valence-corrected chi connectivity index (χ4v) is 2.96. The summed E-state index contributed by atoms with van der Waals surface area (Å²) in [7, 11) is -0.581. The Labute approximate surface area is 149 Å². The third-order valence-electron chi connectivity index (χ3n) is 3.47. The van der Waals surface area contributed by atoms with Gasteiger partial charge in [0.15, 0.2) is 0 Å². The van der Waals surface area contributed by atoms with E-state index in [1.54, 1.807) is 4.90 Å². The maximum absolute atomic E-state index is 12.1. The Bertz CT molecular complexity index is 687. The normalized spacial score (nSPS) is 11.6. The topological polar surface area (TPSA) is 98.8 Å². The van der Waals surface area contributed by atoms with Gasteiger partial charge in [-0.25, -0.2) is 12.7 Å². The average molecular weight is 370 g/mol. The highest BCUT2D eigenvalue weighted by Gasteiger charge is 2.17. The number of amides is 2. The molecule has 0 bridgehead atoms. The highest BCUT2D eigenvalue weighted by atomic mass is 32.2. The van der Waals surface area contributed by atoms with E-state index < -0.39 is 10.0 Å². The van der Waals surface area contributed by atoms with Crippen molar-refractivity contribution < 1.29 is 18.0 Å². The van der Waals surface area contributed by atoms with E-state index in [9.17, 15) is 18.0 Å². The molecule has 0 heterocycles. The predicted octanol–water partition coefficient (Wildman–Crippen LogP) is 0.333. The molecule has 0 aliphatic rings. The number of benzene rings is 1. The first-order valence-corrected chi connectivity index (χ1v) is 9.46. The van der Waals surface area contributed by atoms with Gasteiger partial charge in [0.2, 0.25) is 21.8 Å². The molecule has 1 rings (SSSR count). The van der Waals surface area contributed by atoms with Gasteiger partial charge in [0.25, 0.3) is 0 Å².